The Hall–Kier alpha value is -3.00. The minimum absolute atomic E-state index is 0.173. The van der Waals surface area contributed by atoms with E-state index in [-0.39, 0.29) is 17.9 Å². The molecule has 3 N–H and O–H groups in total. The Labute approximate surface area is 185 Å². The normalized spacial score (nSPS) is 21.2. The number of sulfonamides is 1. The molecule has 2 atom stereocenters. The maximum atomic E-state index is 14.2. The number of hydrogen-bond donors (Lipinski definition) is 2. The lowest BCUT2D eigenvalue weighted by Crippen LogP contribution is -2.53. The maximum Gasteiger partial charge on any atom is 0.396 e. The van der Waals surface area contributed by atoms with Crippen molar-refractivity contribution in [3.8, 4) is 5.75 Å². The molecule has 0 saturated carbocycles. The highest BCUT2D eigenvalue weighted by Gasteiger charge is 2.63. The van der Waals surface area contributed by atoms with E-state index < -0.39 is 62.4 Å². The Bertz CT molecular complexity index is 1190. The van der Waals surface area contributed by atoms with Gasteiger partial charge in [-0.1, -0.05) is 0 Å². The first-order valence-corrected chi connectivity index (χ1v) is 10.9. The van der Waals surface area contributed by atoms with Gasteiger partial charge >= 0.3 is 6.18 Å². The van der Waals surface area contributed by atoms with Gasteiger partial charge in [0.2, 0.25) is 11.7 Å². The fourth-order valence-corrected chi connectivity index (χ4v) is 4.24. The molecule has 2 heterocycles. The number of nitrogens with one attached hydrogen (secondary N) is 1. The maximum absolute atomic E-state index is 14.2. The van der Waals surface area contributed by atoms with Crippen molar-refractivity contribution < 1.29 is 39.9 Å². The molecule has 0 spiro atoms. The molecular weight excluding hydrogens is 475 g/mol. The van der Waals surface area contributed by atoms with E-state index in [9.17, 15) is 35.2 Å². The molecule has 1 unspecified atom stereocenters. The first-order valence-electron chi connectivity index (χ1n) is 9.36. The molecule has 1 aliphatic rings. The lowest BCUT2D eigenvalue weighted by Gasteiger charge is -2.36. The molecule has 180 valence electrons. The highest BCUT2D eigenvalue weighted by Crippen LogP contribution is 2.52. The Morgan fingerprint density at radius 2 is 1.97 bits per heavy atom. The van der Waals surface area contributed by atoms with Gasteiger partial charge in [0.1, 0.15) is 6.04 Å². The number of carbonyl (C=O) groups excluding carboxylic acids is 1. The molecule has 1 aliphatic heterocycles. The second-order valence-electron chi connectivity index (χ2n) is 7.59. The first-order chi connectivity index (χ1) is 15.2. The number of benzene rings is 1. The van der Waals surface area contributed by atoms with E-state index in [0.29, 0.717) is 6.07 Å². The molecule has 0 aliphatic carbocycles. The number of methoxy groups -OCH3 is 1. The average molecular weight is 494 g/mol. The van der Waals surface area contributed by atoms with Crippen molar-refractivity contribution in [2.45, 2.75) is 30.6 Å². The Kier molecular flexibility index (Phi) is 6.28. The molecule has 33 heavy (non-hydrogen) atoms. The Morgan fingerprint density at radius 1 is 1.30 bits per heavy atom. The van der Waals surface area contributed by atoms with Crippen LogP contribution in [0.2, 0.25) is 0 Å². The number of ether oxygens (including phenoxy) is 1. The Balaban J connectivity index is 2.08. The van der Waals surface area contributed by atoms with Crippen LogP contribution in [0.5, 0.6) is 5.75 Å². The van der Waals surface area contributed by atoms with E-state index in [4.69, 9.17) is 9.88 Å². The zero-order valence-corrected chi connectivity index (χ0v) is 18.1. The minimum Gasteiger partial charge on any atom is -0.491 e. The van der Waals surface area contributed by atoms with Gasteiger partial charge in [0.25, 0.3) is 10.0 Å². The van der Waals surface area contributed by atoms with Crippen LogP contribution in [0.15, 0.2) is 35.5 Å². The number of primary sulfonamides is 1. The summed E-state index contributed by atoms with van der Waals surface area (Å²) in [6.45, 7) is 0.514. The van der Waals surface area contributed by atoms with Crippen LogP contribution in [-0.4, -0.2) is 45.2 Å². The standard InChI is InChI=1S/C19H19F5N4O4S/c1-18(19(22,23)24)6-8-28(12-4-3-11(20)14(21)15(12)32-2)16(18)17(29)27-10-5-7-26-13(9-10)33(25,30)31/h3-5,7,9,16H,6,8H2,1-2H3,(H2,25,30,31)(H,26,27,29)/t16-,18?/m0/s1. The number of alkyl halides is 3. The van der Waals surface area contributed by atoms with Crippen LogP contribution in [-0.2, 0) is 14.8 Å². The van der Waals surface area contributed by atoms with E-state index in [1.807, 2.05) is 0 Å². The highest BCUT2D eigenvalue weighted by molar-refractivity contribution is 7.89. The molecule has 0 bridgehead atoms. The fourth-order valence-electron chi connectivity index (χ4n) is 3.75. The number of rotatable bonds is 5. The predicted molar refractivity (Wildman–Crippen MR) is 107 cm³/mol. The van der Waals surface area contributed by atoms with Crippen LogP contribution in [0.25, 0.3) is 0 Å². The van der Waals surface area contributed by atoms with Crippen LogP contribution < -0.4 is 20.1 Å². The smallest absolute Gasteiger partial charge is 0.396 e. The number of carbonyl (C=O) groups is 1. The van der Waals surface area contributed by atoms with Crippen molar-refractivity contribution in [2.75, 3.05) is 23.9 Å². The summed E-state index contributed by atoms with van der Waals surface area (Å²) in [5.74, 6) is -4.51. The van der Waals surface area contributed by atoms with E-state index >= 15 is 0 Å². The molecule has 14 heteroatoms. The van der Waals surface area contributed by atoms with Crippen molar-refractivity contribution >= 4 is 27.3 Å². The first kappa shape index (κ1) is 24.6. The molecule has 1 fully saturated rings. The third kappa shape index (κ3) is 4.44. The zero-order valence-electron chi connectivity index (χ0n) is 17.3. The summed E-state index contributed by atoms with van der Waals surface area (Å²) in [5, 5.41) is 6.63. The summed E-state index contributed by atoms with van der Waals surface area (Å²) in [6, 6.07) is 1.85. The summed E-state index contributed by atoms with van der Waals surface area (Å²) in [5.41, 5.74) is -3.00. The van der Waals surface area contributed by atoms with Gasteiger partial charge in [-0.25, -0.2) is 22.9 Å². The van der Waals surface area contributed by atoms with E-state index in [1.54, 1.807) is 0 Å². The molecule has 1 amide bonds. The lowest BCUT2D eigenvalue weighted by atomic mass is 9.81. The minimum atomic E-state index is -4.85. The molecular formula is C19H19F5N4O4S. The molecule has 3 rings (SSSR count). The topological polar surface area (TPSA) is 115 Å². The van der Waals surface area contributed by atoms with Gasteiger partial charge in [-0.05, 0) is 31.5 Å². The average Bonchev–Trinajstić information content (AvgIpc) is 3.08. The van der Waals surface area contributed by atoms with Gasteiger partial charge in [0, 0.05) is 24.5 Å². The molecule has 1 aromatic heterocycles. The molecule has 1 saturated heterocycles. The van der Waals surface area contributed by atoms with E-state index in [2.05, 4.69) is 10.3 Å². The number of aromatic nitrogens is 1. The number of halogens is 5. The van der Waals surface area contributed by atoms with Crippen molar-refractivity contribution in [3.63, 3.8) is 0 Å². The van der Waals surface area contributed by atoms with Crippen molar-refractivity contribution in [3.05, 3.63) is 42.1 Å². The van der Waals surface area contributed by atoms with E-state index in [1.165, 1.54) is 0 Å². The van der Waals surface area contributed by atoms with Crippen molar-refractivity contribution in [2.24, 2.45) is 10.6 Å². The van der Waals surface area contributed by atoms with Gasteiger partial charge in [-0.3, -0.25) is 4.79 Å². The largest absolute Gasteiger partial charge is 0.491 e. The van der Waals surface area contributed by atoms with E-state index in [0.717, 1.165) is 43.3 Å². The number of hydrogen-bond acceptors (Lipinski definition) is 6. The molecule has 2 aromatic rings. The summed E-state index contributed by atoms with van der Waals surface area (Å²) in [7, 11) is -3.23. The number of nitrogens with zero attached hydrogens (tertiary/aromatic N) is 2. The SMILES string of the molecule is COc1c(N2CCC(C)(C(F)(F)F)[C@@H]2C(=O)Nc2ccnc(S(N)(=O)=O)c2)ccc(F)c1F. The third-order valence-electron chi connectivity index (χ3n) is 5.52. The summed E-state index contributed by atoms with van der Waals surface area (Å²) in [4.78, 5) is 17.6. The van der Waals surface area contributed by atoms with Crippen molar-refractivity contribution in [1.29, 1.82) is 0 Å². The number of amides is 1. The molecule has 8 nitrogen and oxygen atoms in total. The molecule has 0 radical (unpaired) electrons. The highest BCUT2D eigenvalue weighted by atomic mass is 32.2. The predicted octanol–water partition coefficient (Wildman–Crippen LogP) is 2.80. The van der Waals surface area contributed by atoms with Crippen molar-refractivity contribution in [1.82, 2.24) is 4.98 Å². The second kappa shape index (κ2) is 8.41. The Morgan fingerprint density at radius 3 is 2.55 bits per heavy atom. The fraction of sp³-hybridized carbons (Fsp3) is 0.368. The molecule has 1 aromatic carbocycles. The van der Waals surface area contributed by atoms with Crippen LogP contribution >= 0.6 is 0 Å². The monoisotopic (exact) mass is 494 g/mol. The zero-order chi connectivity index (χ0) is 24.8. The quantitative estimate of drug-likeness (QED) is 0.618. The summed E-state index contributed by atoms with van der Waals surface area (Å²) >= 11 is 0. The number of anilines is 2. The van der Waals surface area contributed by atoms with Crippen LogP contribution in [0.1, 0.15) is 13.3 Å². The van der Waals surface area contributed by atoms with Gasteiger partial charge in [0.05, 0.1) is 18.2 Å². The number of nitrogens with two attached hydrogens (primary N) is 1. The number of pyridine rings is 1. The van der Waals surface area contributed by atoms with Gasteiger partial charge in [0.15, 0.2) is 16.6 Å². The van der Waals surface area contributed by atoms with Gasteiger partial charge in [-0.2, -0.15) is 17.6 Å². The summed E-state index contributed by atoms with van der Waals surface area (Å²) < 4.78 is 97.9. The second-order valence-corrected chi connectivity index (χ2v) is 9.10. The van der Waals surface area contributed by atoms with Crippen LogP contribution in [0, 0.1) is 17.0 Å². The third-order valence-corrected chi connectivity index (χ3v) is 6.33. The van der Waals surface area contributed by atoms with Gasteiger partial charge in [-0.15, -0.1) is 0 Å². The van der Waals surface area contributed by atoms with Crippen LogP contribution in [0.3, 0.4) is 0 Å². The van der Waals surface area contributed by atoms with Gasteiger partial charge < -0.3 is 15.0 Å². The van der Waals surface area contributed by atoms with Crippen LogP contribution in [0.4, 0.5) is 33.3 Å². The lowest BCUT2D eigenvalue weighted by molar-refractivity contribution is -0.218. The summed E-state index contributed by atoms with van der Waals surface area (Å²) in [6.07, 6.45) is -4.38.